The molecule has 1 atom stereocenters. The number of rotatable bonds is 2. The Bertz CT molecular complexity index is 863. The molecule has 1 saturated heterocycles. The van der Waals surface area contributed by atoms with Crippen molar-refractivity contribution < 1.29 is 19.7 Å². The Balaban J connectivity index is 1.35. The van der Waals surface area contributed by atoms with E-state index in [4.69, 9.17) is 9.47 Å². The Morgan fingerprint density at radius 3 is 2.63 bits per heavy atom. The fourth-order valence-electron chi connectivity index (χ4n) is 4.55. The predicted octanol–water partition coefficient (Wildman–Crippen LogP) is 2.08. The topological polar surface area (TPSA) is 65.4 Å². The number of hydrogen-bond donors (Lipinski definition) is 2. The molecule has 0 amide bonds. The van der Waals surface area contributed by atoms with Crippen molar-refractivity contribution in [3.8, 4) is 17.2 Å². The Morgan fingerprint density at radius 2 is 1.78 bits per heavy atom. The molecule has 6 nitrogen and oxygen atoms in total. The lowest BCUT2D eigenvalue weighted by Gasteiger charge is -2.44. The average molecular weight is 368 g/mol. The molecule has 2 aliphatic heterocycles. The molecule has 2 aromatic carbocycles. The minimum atomic E-state index is -0.990. The minimum absolute atomic E-state index is 0.209. The van der Waals surface area contributed by atoms with Gasteiger partial charge in [-0.25, -0.2) is 0 Å². The number of phenolic OH excluding ortho intramolecular Hbond substituents is 1. The van der Waals surface area contributed by atoms with E-state index in [9.17, 15) is 10.2 Å². The maximum Gasteiger partial charge on any atom is 0.184 e. The van der Waals surface area contributed by atoms with E-state index in [1.54, 1.807) is 12.1 Å². The molecule has 0 saturated carbocycles. The van der Waals surface area contributed by atoms with Crippen LogP contribution in [-0.2, 0) is 12.1 Å². The summed E-state index contributed by atoms with van der Waals surface area (Å²) in [7, 11) is 0. The van der Waals surface area contributed by atoms with Gasteiger partial charge in [-0.05, 0) is 42.7 Å². The summed E-state index contributed by atoms with van der Waals surface area (Å²) in [5.41, 5.74) is 2.05. The second kappa shape index (κ2) is 6.32. The molecule has 0 spiro atoms. The van der Waals surface area contributed by atoms with Crippen molar-refractivity contribution in [2.24, 2.45) is 0 Å². The number of benzene rings is 2. The first-order chi connectivity index (χ1) is 13.1. The third-order valence-electron chi connectivity index (χ3n) is 5.96. The molecule has 142 valence electrons. The van der Waals surface area contributed by atoms with Crippen molar-refractivity contribution in [3.63, 3.8) is 0 Å². The molecular formula is C21H24N2O4. The summed E-state index contributed by atoms with van der Waals surface area (Å²) in [5, 5.41) is 21.3. The van der Waals surface area contributed by atoms with Crippen LogP contribution in [0.2, 0.25) is 0 Å². The summed E-state index contributed by atoms with van der Waals surface area (Å²) >= 11 is 0. The Labute approximate surface area is 158 Å². The van der Waals surface area contributed by atoms with Gasteiger partial charge in [0.15, 0.2) is 11.5 Å². The molecule has 1 fully saturated rings. The zero-order valence-electron chi connectivity index (χ0n) is 15.2. The number of aliphatic hydroxyl groups is 1. The zero-order chi connectivity index (χ0) is 18.4. The van der Waals surface area contributed by atoms with E-state index in [1.165, 1.54) is 0 Å². The van der Waals surface area contributed by atoms with Crippen LogP contribution in [-0.4, -0.2) is 54.5 Å². The van der Waals surface area contributed by atoms with Crippen LogP contribution in [0.15, 0.2) is 36.4 Å². The normalized spacial score (nSPS) is 24.7. The number of anilines is 1. The van der Waals surface area contributed by atoms with Crippen molar-refractivity contribution in [3.05, 3.63) is 47.5 Å². The third-order valence-corrected chi connectivity index (χ3v) is 5.96. The molecule has 0 bridgehead atoms. The van der Waals surface area contributed by atoms with Crippen LogP contribution in [0.25, 0.3) is 0 Å². The first kappa shape index (κ1) is 16.7. The highest BCUT2D eigenvalue weighted by Crippen LogP contribution is 2.43. The molecule has 3 aliphatic rings. The number of hydrogen-bond acceptors (Lipinski definition) is 6. The molecular weight excluding hydrogens is 344 g/mol. The van der Waals surface area contributed by atoms with E-state index >= 15 is 0 Å². The molecule has 5 rings (SSSR count). The van der Waals surface area contributed by atoms with Gasteiger partial charge in [-0.15, -0.1) is 0 Å². The van der Waals surface area contributed by atoms with Gasteiger partial charge in [0, 0.05) is 31.7 Å². The highest BCUT2D eigenvalue weighted by Gasteiger charge is 2.43. The number of aryl methyl sites for hydroxylation is 1. The van der Waals surface area contributed by atoms with Gasteiger partial charge in [-0.2, -0.15) is 0 Å². The number of phenols is 1. The molecule has 0 aromatic heterocycles. The van der Waals surface area contributed by atoms with Crippen LogP contribution in [0, 0.1) is 0 Å². The van der Waals surface area contributed by atoms with Crippen LogP contribution in [0.5, 0.6) is 17.2 Å². The lowest BCUT2D eigenvalue weighted by atomic mass is 10.0. The molecule has 6 heteroatoms. The number of nitrogens with zero attached hydrogens (tertiary/aromatic N) is 2. The third kappa shape index (κ3) is 2.71. The maximum absolute atomic E-state index is 11.4. The number of piperazine rings is 1. The first-order valence-corrected chi connectivity index (χ1v) is 9.58. The van der Waals surface area contributed by atoms with Gasteiger partial charge in [0.1, 0.15) is 24.7 Å². The number of ether oxygens (including phenoxy) is 2. The molecule has 1 aliphatic carbocycles. The molecule has 27 heavy (non-hydrogen) atoms. The van der Waals surface area contributed by atoms with Crippen LogP contribution in [0.4, 0.5) is 5.69 Å². The van der Waals surface area contributed by atoms with Crippen LogP contribution < -0.4 is 14.4 Å². The fraction of sp³-hybridized carbons (Fsp3) is 0.429. The summed E-state index contributed by atoms with van der Waals surface area (Å²) in [4.78, 5) is 4.44. The van der Waals surface area contributed by atoms with Crippen molar-refractivity contribution >= 4 is 5.69 Å². The van der Waals surface area contributed by atoms with Gasteiger partial charge < -0.3 is 24.6 Å². The van der Waals surface area contributed by atoms with Crippen molar-refractivity contribution in [1.29, 1.82) is 0 Å². The van der Waals surface area contributed by atoms with Crippen LogP contribution >= 0.6 is 0 Å². The van der Waals surface area contributed by atoms with Gasteiger partial charge in [-0.3, -0.25) is 4.90 Å². The Kier molecular flexibility index (Phi) is 3.91. The average Bonchev–Trinajstić information content (AvgIpc) is 3.05. The number of para-hydroxylation sites is 1. The Hall–Kier alpha value is -2.44. The number of aromatic hydroxyl groups is 1. The highest BCUT2D eigenvalue weighted by molar-refractivity contribution is 5.65. The van der Waals surface area contributed by atoms with Crippen LogP contribution in [0.1, 0.15) is 17.5 Å². The van der Waals surface area contributed by atoms with Gasteiger partial charge in [0.2, 0.25) is 0 Å². The second-order valence-electron chi connectivity index (χ2n) is 7.43. The molecule has 2 aromatic rings. The fourth-order valence-corrected chi connectivity index (χ4v) is 4.55. The quantitative estimate of drug-likeness (QED) is 0.846. The summed E-state index contributed by atoms with van der Waals surface area (Å²) in [6, 6.07) is 11.3. The second-order valence-corrected chi connectivity index (χ2v) is 7.43. The van der Waals surface area contributed by atoms with E-state index in [1.807, 2.05) is 18.2 Å². The van der Waals surface area contributed by atoms with Gasteiger partial charge >= 0.3 is 0 Å². The highest BCUT2D eigenvalue weighted by atomic mass is 16.6. The van der Waals surface area contributed by atoms with Crippen molar-refractivity contribution in [1.82, 2.24) is 4.90 Å². The first-order valence-electron chi connectivity index (χ1n) is 9.58. The molecule has 1 unspecified atom stereocenters. The van der Waals surface area contributed by atoms with E-state index in [0.717, 1.165) is 60.9 Å². The summed E-state index contributed by atoms with van der Waals surface area (Å²) in [6.45, 7) is 4.26. The van der Waals surface area contributed by atoms with E-state index < -0.39 is 5.72 Å². The van der Waals surface area contributed by atoms with Crippen LogP contribution in [0.3, 0.4) is 0 Å². The van der Waals surface area contributed by atoms with E-state index in [-0.39, 0.29) is 5.75 Å². The largest absolute Gasteiger partial charge is 0.508 e. The van der Waals surface area contributed by atoms with E-state index in [2.05, 4.69) is 15.9 Å². The summed E-state index contributed by atoms with van der Waals surface area (Å²) in [6.07, 6.45) is 1.51. The molecule has 2 heterocycles. The maximum atomic E-state index is 11.4. The van der Waals surface area contributed by atoms with E-state index in [0.29, 0.717) is 19.6 Å². The monoisotopic (exact) mass is 368 g/mol. The van der Waals surface area contributed by atoms with Gasteiger partial charge in [-0.1, -0.05) is 12.1 Å². The van der Waals surface area contributed by atoms with Crippen molar-refractivity contribution in [2.45, 2.75) is 18.6 Å². The minimum Gasteiger partial charge on any atom is -0.508 e. The Morgan fingerprint density at radius 1 is 0.963 bits per heavy atom. The molecule has 2 N–H and O–H groups in total. The SMILES string of the molecule is Oc1ccc2c(c1)C(O)(N1CCN(c3cccc4c3OCCO4)CC1)CC2. The number of fused-ring (bicyclic) bond motifs is 2. The summed E-state index contributed by atoms with van der Waals surface area (Å²) < 4.78 is 11.6. The predicted molar refractivity (Wildman–Crippen MR) is 102 cm³/mol. The lowest BCUT2D eigenvalue weighted by molar-refractivity contribution is -0.116. The smallest absolute Gasteiger partial charge is 0.184 e. The standard InChI is InChI=1S/C21H24N2O4/c24-16-5-4-15-6-7-21(25,17(15)14-16)23-10-8-22(9-11-23)18-2-1-3-19-20(18)27-13-12-26-19/h1-5,14,24-25H,6-13H2. The summed E-state index contributed by atoms with van der Waals surface area (Å²) in [5.74, 6) is 1.84. The lowest BCUT2D eigenvalue weighted by Crippen LogP contribution is -2.55. The van der Waals surface area contributed by atoms with Gasteiger partial charge in [0.25, 0.3) is 0 Å². The molecule has 0 radical (unpaired) electrons. The van der Waals surface area contributed by atoms with Gasteiger partial charge in [0.05, 0.1) is 5.69 Å². The van der Waals surface area contributed by atoms with Crippen molar-refractivity contribution in [2.75, 3.05) is 44.3 Å². The zero-order valence-corrected chi connectivity index (χ0v) is 15.2.